The number of aryl methyl sites for hydroxylation is 1. The molecule has 1 aliphatic heterocycles. The van der Waals surface area contributed by atoms with E-state index in [1.165, 1.54) is 6.07 Å². The van der Waals surface area contributed by atoms with Gasteiger partial charge in [-0.1, -0.05) is 17.3 Å². The molecule has 2 aromatic heterocycles. The minimum atomic E-state index is -0.728. The first-order chi connectivity index (χ1) is 16.3. The highest BCUT2D eigenvalue weighted by molar-refractivity contribution is 6.44. The summed E-state index contributed by atoms with van der Waals surface area (Å²) in [5, 5.41) is 15.8. The van der Waals surface area contributed by atoms with Crippen LogP contribution in [0.5, 0.6) is 0 Å². The molecule has 1 aromatic carbocycles. The molecule has 3 aliphatic rings. The van der Waals surface area contributed by atoms with Gasteiger partial charge in [0.1, 0.15) is 17.2 Å². The van der Waals surface area contributed by atoms with Gasteiger partial charge in [-0.05, 0) is 62.6 Å². The predicted octanol–water partition coefficient (Wildman–Crippen LogP) is 2.72. The van der Waals surface area contributed by atoms with Crippen molar-refractivity contribution in [3.63, 3.8) is 0 Å². The highest BCUT2D eigenvalue weighted by Crippen LogP contribution is 2.54. The van der Waals surface area contributed by atoms with E-state index in [0.29, 0.717) is 53.4 Å². The van der Waals surface area contributed by atoms with Crippen molar-refractivity contribution in [2.45, 2.75) is 51.1 Å². The normalized spacial score (nSPS) is 20.9. The predicted molar refractivity (Wildman–Crippen MR) is 119 cm³/mol. The van der Waals surface area contributed by atoms with Gasteiger partial charge in [-0.2, -0.15) is 0 Å². The third-order valence-corrected chi connectivity index (χ3v) is 7.32. The topological polar surface area (TPSA) is 122 Å². The summed E-state index contributed by atoms with van der Waals surface area (Å²) in [6.07, 6.45) is 4.52. The average Bonchev–Trinajstić information content (AvgIpc) is 3.59. The van der Waals surface area contributed by atoms with E-state index in [-0.39, 0.29) is 17.3 Å². The Morgan fingerprint density at radius 2 is 2.03 bits per heavy atom. The minimum Gasteiger partial charge on any atom is -0.338 e. The second-order valence-electron chi connectivity index (χ2n) is 9.55. The number of rotatable bonds is 6. The fourth-order valence-corrected chi connectivity index (χ4v) is 5.25. The Morgan fingerprint density at radius 1 is 1.24 bits per heavy atom. The SMILES string of the molecule is Cc1cccc(NC(=O)c2c(C)c(C(=O)C(=O)NC3(c4c[nH]nn4)CC3)c3n2[C@@H]2C[C@@H]2C3)c1F. The van der Waals surface area contributed by atoms with Crippen LogP contribution in [0, 0.1) is 25.6 Å². The molecule has 174 valence electrons. The van der Waals surface area contributed by atoms with Crippen molar-refractivity contribution >= 4 is 23.3 Å². The van der Waals surface area contributed by atoms with Gasteiger partial charge >= 0.3 is 0 Å². The van der Waals surface area contributed by atoms with Gasteiger partial charge in [-0.25, -0.2) is 4.39 Å². The summed E-state index contributed by atoms with van der Waals surface area (Å²) in [6.45, 7) is 3.30. The fraction of sp³-hybridized carbons (Fsp3) is 0.375. The maximum absolute atomic E-state index is 14.5. The number of anilines is 1. The number of fused-ring (bicyclic) bond motifs is 3. The van der Waals surface area contributed by atoms with Crippen molar-refractivity contribution in [3.8, 4) is 0 Å². The van der Waals surface area contributed by atoms with E-state index in [1.54, 1.807) is 32.2 Å². The van der Waals surface area contributed by atoms with E-state index in [2.05, 4.69) is 26.0 Å². The molecule has 2 atom stereocenters. The zero-order valence-electron chi connectivity index (χ0n) is 18.7. The number of nitrogens with one attached hydrogen (secondary N) is 3. The van der Waals surface area contributed by atoms with Crippen LogP contribution in [0.3, 0.4) is 0 Å². The molecule has 9 nitrogen and oxygen atoms in total. The summed E-state index contributed by atoms with van der Waals surface area (Å²) in [5.74, 6) is -2.02. The molecule has 0 bridgehead atoms. The lowest BCUT2D eigenvalue weighted by atomic mass is 10.0. The summed E-state index contributed by atoms with van der Waals surface area (Å²) in [4.78, 5) is 39.7. The number of H-pyrrole nitrogens is 1. The number of Topliss-reactive ketones (excluding diaryl/α,β-unsaturated/α-hetero) is 1. The highest BCUT2D eigenvalue weighted by atomic mass is 19.1. The lowest BCUT2D eigenvalue weighted by molar-refractivity contribution is -0.118. The van der Waals surface area contributed by atoms with Crippen LogP contribution in [0.15, 0.2) is 24.4 Å². The van der Waals surface area contributed by atoms with Crippen LogP contribution in [-0.4, -0.2) is 37.6 Å². The summed E-state index contributed by atoms with van der Waals surface area (Å²) < 4.78 is 16.4. The smallest absolute Gasteiger partial charge is 0.293 e. The molecule has 6 rings (SSSR count). The van der Waals surface area contributed by atoms with E-state index in [9.17, 15) is 18.8 Å². The van der Waals surface area contributed by atoms with E-state index in [4.69, 9.17) is 0 Å². The first-order valence-electron chi connectivity index (χ1n) is 11.3. The number of nitrogens with zero attached hydrogens (tertiary/aromatic N) is 3. The van der Waals surface area contributed by atoms with Crippen LogP contribution in [0.4, 0.5) is 10.1 Å². The molecule has 0 spiro atoms. The molecule has 3 heterocycles. The quantitative estimate of drug-likeness (QED) is 0.384. The molecule has 0 radical (unpaired) electrons. The Hall–Kier alpha value is -3.82. The number of benzene rings is 1. The van der Waals surface area contributed by atoms with Gasteiger partial charge in [-0.15, -0.1) is 5.10 Å². The lowest BCUT2D eigenvalue weighted by Gasteiger charge is -2.14. The molecule has 0 saturated heterocycles. The van der Waals surface area contributed by atoms with Crippen LogP contribution >= 0.6 is 0 Å². The maximum atomic E-state index is 14.5. The Bertz CT molecular complexity index is 1370. The van der Waals surface area contributed by atoms with Crippen molar-refractivity contribution in [3.05, 3.63) is 64.0 Å². The van der Waals surface area contributed by atoms with Gasteiger partial charge in [0.05, 0.1) is 16.8 Å². The van der Waals surface area contributed by atoms with E-state index < -0.39 is 29.0 Å². The largest absolute Gasteiger partial charge is 0.338 e. The molecule has 3 N–H and O–H groups in total. The number of halogens is 1. The third kappa shape index (κ3) is 3.01. The highest BCUT2D eigenvalue weighted by Gasteiger charge is 2.52. The number of hydrogen-bond donors (Lipinski definition) is 3. The van der Waals surface area contributed by atoms with E-state index in [1.807, 2.05) is 4.57 Å². The number of aromatic amines is 1. The first-order valence-corrected chi connectivity index (χ1v) is 11.3. The van der Waals surface area contributed by atoms with Crippen LogP contribution in [-0.2, 0) is 16.8 Å². The summed E-state index contributed by atoms with van der Waals surface area (Å²) >= 11 is 0. The molecule has 2 aliphatic carbocycles. The lowest BCUT2D eigenvalue weighted by Crippen LogP contribution is -2.40. The molecule has 34 heavy (non-hydrogen) atoms. The fourth-order valence-electron chi connectivity index (χ4n) is 5.25. The van der Waals surface area contributed by atoms with Crippen molar-refractivity contribution in [1.29, 1.82) is 0 Å². The number of amides is 2. The molecular formula is C24H23FN6O3. The Morgan fingerprint density at radius 3 is 2.74 bits per heavy atom. The number of carbonyl (C=O) groups excluding carboxylic acids is 3. The minimum absolute atomic E-state index is 0.0826. The maximum Gasteiger partial charge on any atom is 0.293 e. The van der Waals surface area contributed by atoms with Crippen LogP contribution in [0.25, 0.3) is 0 Å². The van der Waals surface area contributed by atoms with Gasteiger partial charge < -0.3 is 15.2 Å². The number of ketones is 1. The second kappa shape index (κ2) is 7.09. The molecule has 2 amide bonds. The molecule has 2 fully saturated rings. The van der Waals surface area contributed by atoms with Crippen molar-refractivity contribution in [1.82, 2.24) is 25.3 Å². The first kappa shape index (κ1) is 20.8. The molecule has 0 unspecified atom stereocenters. The van der Waals surface area contributed by atoms with Crippen LogP contribution in [0.2, 0.25) is 0 Å². The number of aromatic nitrogens is 4. The van der Waals surface area contributed by atoms with Gasteiger partial charge in [0.25, 0.3) is 17.6 Å². The van der Waals surface area contributed by atoms with E-state index in [0.717, 1.165) is 6.42 Å². The number of carbonyl (C=O) groups is 3. The summed E-state index contributed by atoms with van der Waals surface area (Å²) in [7, 11) is 0. The van der Waals surface area contributed by atoms with E-state index >= 15 is 0 Å². The molecular weight excluding hydrogens is 439 g/mol. The molecule has 2 saturated carbocycles. The second-order valence-corrected chi connectivity index (χ2v) is 9.55. The Kier molecular flexibility index (Phi) is 4.33. The summed E-state index contributed by atoms with van der Waals surface area (Å²) in [5.41, 5.74) is 2.16. The zero-order valence-corrected chi connectivity index (χ0v) is 18.7. The summed E-state index contributed by atoms with van der Waals surface area (Å²) in [6, 6.07) is 4.93. The zero-order chi connectivity index (χ0) is 23.8. The average molecular weight is 462 g/mol. The number of hydrogen-bond acceptors (Lipinski definition) is 5. The van der Waals surface area contributed by atoms with Crippen molar-refractivity contribution < 1.29 is 18.8 Å². The standard InChI is InChI=1S/C24H23FN6O3/c1-11-4-3-5-14(19(11)25)27-22(33)20-12(2)18(16-9-13-8-15(13)31(16)20)21(32)23(34)28-24(6-7-24)17-10-26-30-29-17/h3-5,10,13,15H,6-9H2,1-2H3,(H,27,33)(H,28,34)(H,26,29,30)/t13-,15-/m1/s1. The van der Waals surface area contributed by atoms with Crippen LogP contribution in [0.1, 0.15) is 68.7 Å². The van der Waals surface area contributed by atoms with Gasteiger partial charge in [-0.3, -0.25) is 19.5 Å². The third-order valence-electron chi connectivity index (χ3n) is 7.32. The van der Waals surface area contributed by atoms with Gasteiger partial charge in [0.2, 0.25) is 0 Å². The van der Waals surface area contributed by atoms with Crippen LogP contribution < -0.4 is 10.6 Å². The Balaban J connectivity index is 1.33. The molecule has 10 heteroatoms. The monoisotopic (exact) mass is 462 g/mol. The van der Waals surface area contributed by atoms with Gasteiger partial charge in [0, 0.05) is 17.9 Å². The Labute approximate surface area is 194 Å². The van der Waals surface area contributed by atoms with Crippen molar-refractivity contribution in [2.75, 3.05) is 5.32 Å². The van der Waals surface area contributed by atoms with Gasteiger partial charge in [0.15, 0.2) is 0 Å². The molecule has 3 aromatic rings. The van der Waals surface area contributed by atoms with Crippen molar-refractivity contribution in [2.24, 2.45) is 5.92 Å².